The number of carbonyl (C=O) groups excluding carboxylic acids is 1. The van der Waals surface area contributed by atoms with Gasteiger partial charge in [0.15, 0.2) is 0 Å². The molecule has 0 saturated heterocycles. The summed E-state index contributed by atoms with van der Waals surface area (Å²) in [5.41, 5.74) is 3.97. The normalized spacial score (nSPS) is 11.0. The van der Waals surface area contributed by atoms with Crippen LogP contribution >= 0.6 is 11.8 Å². The van der Waals surface area contributed by atoms with Gasteiger partial charge in [-0.3, -0.25) is 4.98 Å². The van der Waals surface area contributed by atoms with Crippen molar-refractivity contribution in [1.82, 2.24) is 4.98 Å². The van der Waals surface area contributed by atoms with Crippen molar-refractivity contribution in [2.24, 2.45) is 0 Å². The molecule has 29 heavy (non-hydrogen) atoms. The summed E-state index contributed by atoms with van der Waals surface area (Å²) in [6.07, 6.45) is 3.60. The van der Waals surface area contributed by atoms with Crippen molar-refractivity contribution in [2.75, 3.05) is 10.6 Å². The smallest absolute Gasteiger partial charge is 0.308 e. The topological polar surface area (TPSA) is 54.0 Å². The molecule has 0 aliphatic carbocycles. The van der Waals surface area contributed by atoms with Crippen LogP contribution in [-0.4, -0.2) is 11.0 Å². The van der Waals surface area contributed by atoms with Crippen molar-refractivity contribution in [2.45, 2.75) is 49.3 Å². The zero-order valence-corrected chi connectivity index (χ0v) is 18.1. The first-order valence-electron chi connectivity index (χ1n) is 9.82. The summed E-state index contributed by atoms with van der Waals surface area (Å²) in [6, 6.07) is 17.8. The van der Waals surface area contributed by atoms with Crippen LogP contribution in [0.3, 0.4) is 0 Å². The number of carbonyl (C=O) groups is 1. The van der Waals surface area contributed by atoms with Crippen LogP contribution in [0.15, 0.2) is 76.8 Å². The van der Waals surface area contributed by atoms with Crippen molar-refractivity contribution in [3.63, 3.8) is 0 Å². The number of amides is 2. The molecule has 0 aliphatic rings. The van der Waals surface area contributed by atoms with Gasteiger partial charge in [0.25, 0.3) is 0 Å². The maximum Gasteiger partial charge on any atom is 0.323 e. The van der Waals surface area contributed by atoms with E-state index in [9.17, 15) is 4.79 Å². The van der Waals surface area contributed by atoms with Gasteiger partial charge in [-0.1, -0.05) is 57.7 Å². The van der Waals surface area contributed by atoms with Crippen LogP contribution in [-0.2, 0) is 0 Å². The molecule has 4 nitrogen and oxygen atoms in total. The minimum absolute atomic E-state index is 0.229. The average molecular weight is 406 g/mol. The van der Waals surface area contributed by atoms with Gasteiger partial charge in [-0.15, -0.1) is 0 Å². The largest absolute Gasteiger partial charge is 0.323 e. The van der Waals surface area contributed by atoms with E-state index in [4.69, 9.17) is 0 Å². The van der Waals surface area contributed by atoms with E-state index in [1.165, 1.54) is 0 Å². The number of anilines is 2. The average Bonchev–Trinajstić information content (AvgIpc) is 2.70. The highest BCUT2D eigenvalue weighted by molar-refractivity contribution is 7.99. The van der Waals surface area contributed by atoms with E-state index in [1.807, 2.05) is 42.6 Å². The Hall–Kier alpha value is -2.79. The molecule has 0 aliphatic heterocycles. The maximum atomic E-state index is 12.7. The Morgan fingerprint density at radius 2 is 1.48 bits per heavy atom. The molecule has 0 fully saturated rings. The minimum atomic E-state index is -0.229. The maximum absolute atomic E-state index is 12.7. The summed E-state index contributed by atoms with van der Waals surface area (Å²) in [7, 11) is 0. The number of hydrogen-bond acceptors (Lipinski definition) is 3. The van der Waals surface area contributed by atoms with E-state index in [2.05, 4.69) is 61.5 Å². The van der Waals surface area contributed by atoms with Gasteiger partial charge in [-0.25, -0.2) is 4.79 Å². The van der Waals surface area contributed by atoms with E-state index < -0.39 is 0 Å². The summed E-state index contributed by atoms with van der Waals surface area (Å²) in [4.78, 5) is 19.0. The van der Waals surface area contributed by atoms with Gasteiger partial charge in [0.2, 0.25) is 0 Å². The molecule has 1 aromatic heterocycles. The third kappa shape index (κ3) is 5.61. The molecule has 3 rings (SSSR count). The molecule has 0 saturated carbocycles. The first-order chi connectivity index (χ1) is 13.9. The molecule has 2 amide bonds. The second-order valence-electron chi connectivity index (χ2n) is 7.52. The zero-order chi connectivity index (χ0) is 20.8. The fraction of sp³-hybridized carbons (Fsp3) is 0.250. The first kappa shape index (κ1) is 20.9. The summed E-state index contributed by atoms with van der Waals surface area (Å²) < 4.78 is 0. The fourth-order valence-electron chi connectivity index (χ4n) is 3.12. The molecule has 5 heteroatoms. The van der Waals surface area contributed by atoms with E-state index in [-0.39, 0.29) is 6.03 Å². The Morgan fingerprint density at radius 3 is 2.03 bits per heavy atom. The molecule has 0 unspecified atom stereocenters. The molecule has 0 radical (unpaired) electrons. The third-order valence-corrected chi connectivity index (χ3v) is 5.58. The van der Waals surface area contributed by atoms with Crippen molar-refractivity contribution < 1.29 is 4.79 Å². The predicted molar refractivity (Wildman–Crippen MR) is 122 cm³/mol. The highest BCUT2D eigenvalue weighted by Gasteiger charge is 2.16. The molecule has 150 valence electrons. The lowest BCUT2D eigenvalue weighted by Crippen LogP contribution is -2.21. The number of nitrogens with one attached hydrogen (secondary N) is 2. The highest BCUT2D eigenvalue weighted by atomic mass is 32.2. The fourth-order valence-corrected chi connectivity index (χ4v) is 3.93. The van der Waals surface area contributed by atoms with Crippen LogP contribution < -0.4 is 10.6 Å². The molecule has 0 atom stereocenters. The second-order valence-corrected chi connectivity index (χ2v) is 8.66. The predicted octanol–water partition coefficient (Wildman–Crippen LogP) is 7.12. The van der Waals surface area contributed by atoms with E-state index in [0.29, 0.717) is 11.8 Å². The molecule has 3 aromatic rings. The van der Waals surface area contributed by atoms with Gasteiger partial charge in [0.05, 0.1) is 0 Å². The van der Waals surface area contributed by atoms with Crippen molar-refractivity contribution in [1.29, 1.82) is 0 Å². The lowest BCUT2D eigenvalue weighted by molar-refractivity contribution is 0.262. The molecule has 0 bridgehead atoms. The first-order valence-corrected chi connectivity index (χ1v) is 10.6. The second kappa shape index (κ2) is 9.61. The molecule has 1 heterocycles. The number of para-hydroxylation sites is 1. The summed E-state index contributed by atoms with van der Waals surface area (Å²) in [5, 5.41) is 6.02. The number of urea groups is 1. The molecular formula is C24H27N3OS. The van der Waals surface area contributed by atoms with Crippen LogP contribution in [0.4, 0.5) is 16.2 Å². The van der Waals surface area contributed by atoms with Gasteiger partial charge >= 0.3 is 6.03 Å². The van der Waals surface area contributed by atoms with Crippen molar-refractivity contribution in [3.8, 4) is 0 Å². The van der Waals surface area contributed by atoms with Crippen LogP contribution in [0.25, 0.3) is 0 Å². The number of benzene rings is 2. The quantitative estimate of drug-likeness (QED) is 0.459. The van der Waals surface area contributed by atoms with E-state index >= 15 is 0 Å². The minimum Gasteiger partial charge on any atom is -0.308 e. The van der Waals surface area contributed by atoms with Gasteiger partial charge < -0.3 is 10.6 Å². The van der Waals surface area contributed by atoms with Crippen LogP contribution in [0, 0.1) is 0 Å². The molecule has 2 aromatic carbocycles. The molecular weight excluding hydrogens is 378 g/mol. The van der Waals surface area contributed by atoms with Crippen LogP contribution in [0.5, 0.6) is 0 Å². The lowest BCUT2D eigenvalue weighted by atomic mass is 9.93. The van der Waals surface area contributed by atoms with Gasteiger partial charge in [-0.05, 0) is 59.4 Å². The third-order valence-electron chi connectivity index (χ3n) is 4.59. The SMILES string of the molecule is CC(C)c1cccc(C(C)C)c1NC(=O)Nc1ccc(Sc2cccnc2)cc1. The van der Waals surface area contributed by atoms with Gasteiger partial charge in [0.1, 0.15) is 0 Å². The number of pyridine rings is 1. The van der Waals surface area contributed by atoms with Gasteiger partial charge in [0, 0.05) is 33.6 Å². The zero-order valence-electron chi connectivity index (χ0n) is 17.3. The Labute approximate surface area is 177 Å². The number of hydrogen-bond donors (Lipinski definition) is 2. The standard InChI is InChI=1S/C24H27N3OS/c1-16(2)21-8-5-9-22(17(3)4)23(21)27-24(28)26-18-10-12-19(13-11-18)29-20-7-6-14-25-15-20/h5-17H,1-4H3,(H2,26,27,28). The molecule has 0 spiro atoms. The number of nitrogens with zero attached hydrogens (tertiary/aromatic N) is 1. The van der Waals surface area contributed by atoms with Gasteiger partial charge in [-0.2, -0.15) is 0 Å². The Morgan fingerprint density at radius 1 is 0.828 bits per heavy atom. The number of aromatic nitrogens is 1. The number of rotatable bonds is 6. The molecule has 2 N–H and O–H groups in total. The van der Waals surface area contributed by atoms with Crippen molar-refractivity contribution >= 4 is 29.2 Å². The van der Waals surface area contributed by atoms with E-state index in [1.54, 1.807) is 18.0 Å². The monoisotopic (exact) mass is 405 g/mol. The Bertz CT molecular complexity index is 927. The highest BCUT2D eigenvalue weighted by Crippen LogP contribution is 2.32. The lowest BCUT2D eigenvalue weighted by Gasteiger charge is -2.20. The van der Waals surface area contributed by atoms with Crippen LogP contribution in [0.1, 0.15) is 50.7 Å². The van der Waals surface area contributed by atoms with Crippen molar-refractivity contribution in [3.05, 3.63) is 78.1 Å². The Balaban J connectivity index is 1.70. The summed E-state index contributed by atoms with van der Waals surface area (Å²) >= 11 is 1.64. The summed E-state index contributed by atoms with van der Waals surface area (Å²) in [6.45, 7) is 8.56. The Kier molecular flexibility index (Phi) is 6.94. The van der Waals surface area contributed by atoms with Crippen LogP contribution in [0.2, 0.25) is 0 Å². The summed E-state index contributed by atoms with van der Waals surface area (Å²) in [5.74, 6) is 0.653. The van der Waals surface area contributed by atoms with E-state index in [0.717, 1.165) is 32.3 Å².